The number of carbonyl (C=O) groups is 1. The Kier molecular flexibility index (Phi) is 10.1. The van der Waals surface area contributed by atoms with Crippen LogP contribution in [0.4, 0.5) is 0 Å². The number of hydrogen-bond acceptors (Lipinski definition) is 4. The summed E-state index contributed by atoms with van der Waals surface area (Å²) in [5.41, 5.74) is 5.50. The fourth-order valence-corrected chi connectivity index (χ4v) is 1.69. The van der Waals surface area contributed by atoms with Crippen LogP contribution in [0, 0.1) is 5.92 Å². The van der Waals surface area contributed by atoms with Gasteiger partial charge in [-0.25, -0.2) is 0 Å². The van der Waals surface area contributed by atoms with Crippen molar-refractivity contribution < 1.29 is 14.6 Å². The third-order valence-electron chi connectivity index (χ3n) is 2.83. The lowest BCUT2D eigenvalue weighted by molar-refractivity contribution is -0.122. The summed E-state index contributed by atoms with van der Waals surface area (Å²) >= 11 is 0. The second kappa shape index (κ2) is 10.5. The van der Waals surface area contributed by atoms with E-state index in [2.05, 4.69) is 12.2 Å². The summed E-state index contributed by atoms with van der Waals surface area (Å²) in [5, 5.41) is 12.0. The lowest BCUT2D eigenvalue weighted by Gasteiger charge is -2.14. The fraction of sp³-hybridized carbons (Fsp3) is 0.917. The minimum absolute atomic E-state index is 0.0179. The number of rotatable bonds is 10. The molecule has 102 valence electrons. The minimum Gasteiger partial charge on any atom is -0.389 e. The normalized spacial score (nSPS) is 14.4. The topological polar surface area (TPSA) is 84.6 Å². The van der Waals surface area contributed by atoms with Gasteiger partial charge in [0.15, 0.2) is 0 Å². The predicted octanol–water partition coefficient (Wildman–Crippen LogP) is 0.265. The van der Waals surface area contributed by atoms with Crippen LogP contribution < -0.4 is 11.1 Å². The number of amides is 1. The molecular formula is C12H26N2O3. The van der Waals surface area contributed by atoms with Crippen LogP contribution in [-0.4, -0.2) is 43.9 Å². The molecule has 0 aliphatic heterocycles. The molecule has 2 unspecified atom stereocenters. The summed E-state index contributed by atoms with van der Waals surface area (Å²) in [6.45, 7) is 3.28. The summed E-state index contributed by atoms with van der Waals surface area (Å²) in [4.78, 5) is 11.5. The molecule has 5 nitrogen and oxygen atoms in total. The zero-order chi connectivity index (χ0) is 13.1. The molecule has 0 saturated carbocycles. The first-order chi connectivity index (χ1) is 8.13. The van der Waals surface area contributed by atoms with E-state index in [1.165, 1.54) is 7.11 Å². The van der Waals surface area contributed by atoms with Gasteiger partial charge in [-0.1, -0.05) is 13.3 Å². The molecule has 0 fully saturated rings. The summed E-state index contributed by atoms with van der Waals surface area (Å²) < 4.78 is 4.77. The molecule has 0 heterocycles. The summed E-state index contributed by atoms with van der Waals surface area (Å²) in [5.74, 6) is 0.505. The molecule has 0 bridgehead atoms. The van der Waals surface area contributed by atoms with E-state index >= 15 is 0 Å². The third kappa shape index (κ3) is 9.09. The molecule has 5 heteroatoms. The van der Waals surface area contributed by atoms with Crippen molar-refractivity contribution in [1.29, 1.82) is 0 Å². The first-order valence-electron chi connectivity index (χ1n) is 6.27. The van der Waals surface area contributed by atoms with Crippen LogP contribution in [0.1, 0.15) is 32.6 Å². The van der Waals surface area contributed by atoms with Gasteiger partial charge in [0.05, 0.1) is 12.7 Å². The third-order valence-corrected chi connectivity index (χ3v) is 2.83. The highest BCUT2D eigenvalue weighted by atomic mass is 16.5. The van der Waals surface area contributed by atoms with E-state index < -0.39 is 6.10 Å². The highest BCUT2D eigenvalue weighted by Gasteiger charge is 2.10. The molecule has 0 aliphatic rings. The van der Waals surface area contributed by atoms with E-state index in [-0.39, 0.29) is 19.1 Å². The van der Waals surface area contributed by atoms with Crippen molar-refractivity contribution in [3.63, 3.8) is 0 Å². The van der Waals surface area contributed by atoms with Crippen molar-refractivity contribution in [3.05, 3.63) is 0 Å². The van der Waals surface area contributed by atoms with Crippen LogP contribution in [0.2, 0.25) is 0 Å². The van der Waals surface area contributed by atoms with Gasteiger partial charge < -0.3 is 20.9 Å². The molecular weight excluding hydrogens is 220 g/mol. The smallest absolute Gasteiger partial charge is 0.220 e. The van der Waals surface area contributed by atoms with Gasteiger partial charge in [0.1, 0.15) is 0 Å². The molecule has 0 spiro atoms. The van der Waals surface area contributed by atoms with E-state index in [4.69, 9.17) is 10.5 Å². The lowest BCUT2D eigenvalue weighted by atomic mass is 9.96. The first-order valence-corrected chi connectivity index (χ1v) is 6.27. The average molecular weight is 246 g/mol. The maximum atomic E-state index is 11.5. The maximum absolute atomic E-state index is 11.5. The van der Waals surface area contributed by atoms with Crippen LogP contribution in [0.3, 0.4) is 0 Å². The van der Waals surface area contributed by atoms with Gasteiger partial charge in [-0.2, -0.15) is 0 Å². The molecule has 0 radical (unpaired) electrons. The van der Waals surface area contributed by atoms with Crippen LogP contribution in [0.15, 0.2) is 0 Å². The second-order valence-corrected chi connectivity index (χ2v) is 4.30. The molecule has 0 aromatic heterocycles. The Bertz CT molecular complexity index is 200. The molecule has 1 amide bonds. The number of hydrogen-bond donors (Lipinski definition) is 3. The average Bonchev–Trinajstić information content (AvgIpc) is 2.32. The van der Waals surface area contributed by atoms with Gasteiger partial charge in [-0.05, 0) is 25.3 Å². The number of aliphatic hydroxyl groups excluding tert-OH is 1. The van der Waals surface area contributed by atoms with Gasteiger partial charge in [0.2, 0.25) is 5.91 Å². The Labute approximate surface area is 104 Å². The number of methoxy groups -OCH3 is 1. The Morgan fingerprint density at radius 1 is 1.47 bits per heavy atom. The Morgan fingerprint density at radius 3 is 2.71 bits per heavy atom. The van der Waals surface area contributed by atoms with Crippen molar-refractivity contribution in [2.75, 3.05) is 26.8 Å². The van der Waals surface area contributed by atoms with Crippen LogP contribution in [0.25, 0.3) is 0 Å². The quantitative estimate of drug-likeness (QED) is 0.516. The second-order valence-electron chi connectivity index (χ2n) is 4.30. The Balaban J connectivity index is 3.64. The SMILES string of the molecule is CCC(CCN)CCC(=O)NCC(O)COC. The Hall–Kier alpha value is -0.650. The molecule has 0 saturated heterocycles. The maximum Gasteiger partial charge on any atom is 0.220 e. The monoisotopic (exact) mass is 246 g/mol. The standard InChI is InChI=1S/C12H26N2O3/c1-3-10(6-7-13)4-5-12(16)14-8-11(15)9-17-2/h10-11,15H,3-9,13H2,1-2H3,(H,14,16). The molecule has 0 aliphatic carbocycles. The van der Waals surface area contributed by atoms with Gasteiger partial charge in [0.25, 0.3) is 0 Å². The molecule has 2 atom stereocenters. The van der Waals surface area contributed by atoms with Crippen molar-refractivity contribution in [2.24, 2.45) is 11.7 Å². The van der Waals surface area contributed by atoms with E-state index in [1.54, 1.807) is 0 Å². The lowest BCUT2D eigenvalue weighted by Crippen LogP contribution is -2.34. The summed E-state index contributed by atoms with van der Waals surface area (Å²) in [6.07, 6.45) is 2.75. The molecule has 4 N–H and O–H groups in total. The van der Waals surface area contributed by atoms with Gasteiger partial charge >= 0.3 is 0 Å². The van der Waals surface area contributed by atoms with Crippen molar-refractivity contribution >= 4 is 5.91 Å². The summed E-state index contributed by atoms with van der Waals surface area (Å²) in [7, 11) is 1.52. The van der Waals surface area contributed by atoms with Crippen LogP contribution in [0.5, 0.6) is 0 Å². The largest absolute Gasteiger partial charge is 0.389 e. The predicted molar refractivity (Wildman–Crippen MR) is 67.6 cm³/mol. The summed E-state index contributed by atoms with van der Waals surface area (Å²) in [6, 6.07) is 0. The molecule has 0 rings (SSSR count). The number of carbonyl (C=O) groups excluding carboxylic acids is 1. The van der Waals surface area contributed by atoms with E-state index in [9.17, 15) is 9.90 Å². The number of aliphatic hydroxyl groups is 1. The molecule has 0 aromatic rings. The van der Waals surface area contributed by atoms with Crippen molar-refractivity contribution in [1.82, 2.24) is 5.32 Å². The zero-order valence-electron chi connectivity index (χ0n) is 10.9. The minimum atomic E-state index is -0.630. The fourth-order valence-electron chi connectivity index (χ4n) is 1.69. The Morgan fingerprint density at radius 2 is 2.18 bits per heavy atom. The first kappa shape index (κ1) is 16.4. The molecule has 0 aromatic carbocycles. The molecule has 17 heavy (non-hydrogen) atoms. The van der Waals surface area contributed by atoms with E-state index in [0.717, 1.165) is 19.3 Å². The highest BCUT2D eigenvalue weighted by Crippen LogP contribution is 2.14. The van der Waals surface area contributed by atoms with Crippen LogP contribution in [-0.2, 0) is 9.53 Å². The highest BCUT2D eigenvalue weighted by molar-refractivity contribution is 5.75. The van der Waals surface area contributed by atoms with Gasteiger partial charge in [-0.3, -0.25) is 4.79 Å². The number of ether oxygens (including phenoxy) is 1. The van der Waals surface area contributed by atoms with Crippen molar-refractivity contribution in [3.8, 4) is 0 Å². The number of nitrogens with two attached hydrogens (primary N) is 1. The van der Waals surface area contributed by atoms with E-state index in [0.29, 0.717) is 18.9 Å². The van der Waals surface area contributed by atoms with Crippen LogP contribution >= 0.6 is 0 Å². The number of nitrogens with one attached hydrogen (secondary N) is 1. The zero-order valence-corrected chi connectivity index (χ0v) is 10.9. The van der Waals surface area contributed by atoms with Gasteiger partial charge in [0, 0.05) is 20.1 Å². The van der Waals surface area contributed by atoms with E-state index in [1.807, 2.05) is 0 Å². The van der Waals surface area contributed by atoms with Gasteiger partial charge in [-0.15, -0.1) is 0 Å². The van der Waals surface area contributed by atoms with Crippen molar-refractivity contribution in [2.45, 2.75) is 38.7 Å².